The highest BCUT2D eigenvalue weighted by atomic mass is 16.5. The minimum atomic E-state index is -0.193. The fourth-order valence-corrected chi connectivity index (χ4v) is 3.56. The summed E-state index contributed by atoms with van der Waals surface area (Å²) in [5, 5.41) is 9.21. The topological polar surface area (TPSA) is 55.8 Å². The van der Waals surface area contributed by atoms with Crippen molar-refractivity contribution in [3.8, 4) is 5.75 Å². The van der Waals surface area contributed by atoms with Crippen molar-refractivity contribution in [2.75, 3.05) is 20.3 Å². The summed E-state index contributed by atoms with van der Waals surface area (Å²) in [6.07, 6.45) is 3.10. The third kappa shape index (κ3) is 4.55. The van der Waals surface area contributed by atoms with Crippen LogP contribution >= 0.6 is 0 Å². The molecule has 2 rings (SSSR count). The van der Waals surface area contributed by atoms with Crippen molar-refractivity contribution in [2.24, 2.45) is 11.8 Å². The van der Waals surface area contributed by atoms with E-state index in [9.17, 15) is 9.90 Å². The van der Waals surface area contributed by atoms with Crippen molar-refractivity contribution in [3.63, 3.8) is 0 Å². The van der Waals surface area contributed by atoms with Crippen LogP contribution in [0.3, 0.4) is 0 Å². The highest BCUT2D eigenvalue weighted by Gasteiger charge is 2.37. The number of benzene rings is 1. The summed E-state index contributed by atoms with van der Waals surface area (Å²) in [4.78, 5) is 13.1. The molecule has 1 N–H and O–H groups in total. The van der Waals surface area contributed by atoms with E-state index in [0.717, 1.165) is 12.8 Å². The fraction of sp³-hybridized carbons (Fsp3) is 0.632. The number of hydrogen-bond acceptors (Lipinski definition) is 4. The number of carbonyl (C=O) groups excluding carboxylic acids is 1. The lowest BCUT2D eigenvalue weighted by Gasteiger charge is -2.39. The van der Waals surface area contributed by atoms with Gasteiger partial charge in [0.05, 0.1) is 18.3 Å². The van der Waals surface area contributed by atoms with Crippen molar-refractivity contribution < 1.29 is 19.4 Å². The fourth-order valence-electron chi connectivity index (χ4n) is 3.56. The van der Waals surface area contributed by atoms with Crippen molar-refractivity contribution in [2.45, 2.75) is 45.1 Å². The van der Waals surface area contributed by atoms with Gasteiger partial charge in [-0.25, -0.2) is 0 Å². The number of aliphatic hydroxyl groups excluding tert-OH is 1. The average molecular weight is 320 g/mol. The first-order valence-electron chi connectivity index (χ1n) is 8.40. The van der Waals surface area contributed by atoms with Crippen LogP contribution in [0.5, 0.6) is 5.75 Å². The van der Waals surface area contributed by atoms with Gasteiger partial charge in [-0.1, -0.05) is 12.1 Å². The van der Waals surface area contributed by atoms with E-state index in [1.54, 1.807) is 7.11 Å². The Balaban J connectivity index is 2.25. The summed E-state index contributed by atoms with van der Waals surface area (Å²) in [5.41, 5.74) is 0.448. The number of carbonyl (C=O) groups is 1. The summed E-state index contributed by atoms with van der Waals surface area (Å²) >= 11 is 0. The molecule has 1 fully saturated rings. The van der Waals surface area contributed by atoms with Gasteiger partial charge in [0.15, 0.2) is 5.78 Å². The van der Waals surface area contributed by atoms with Crippen molar-refractivity contribution in [3.05, 3.63) is 29.8 Å². The van der Waals surface area contributed by atoms with Gasteiger partial charge in [-0.15, -0.1) is 0 Å². The zero-order valence-electron chi connectivity index (χ0n) is 14.4. The molecule has 4 heteroatoms. The maximum absolute atomic E-state index is 13.1. The summed E-state index contributed by atoms with van der Waals surface area (Å²) in [7, 11) is 1.59. The van der Waals surface area contributed by atoms with Gasteiger partial charge in [-0.3, -0.25) is 4.79 Å². The lowest BCUT2D eigenvalue weighted by Crippen LogP contribution is -2.39. The standard InChI is InChI=1S/C19H28O4/c1-19(2)13-14(10-12-23-19)15(8-6-11-20)18(21)16-7-4-5-9-17(16)22-3/h4-5,7,9,14-15,20H,6,8,10-13H2,1-3H3/t14-,15-/m1/s1. The smallest absolute Gasteiger partial charge is 0.169 e. The van der Waals surface area contributed by atoms with E-state index < -0.39 is 0 Å². The molecular weight excluding hydrogens is 292 g/mol. The maximum atomic E-state index is 13.1. The first-order chi connectivity index (χ1) is 11.0. The molecule has 0 amide bonds. The largest absolute Gasteiger partial charge is 0.496 e. The molecule has 0 unspecified atom stereocenters. The lowest BCUT2D eigenvalue weighted by atomic mass is 9.74. The summed E-state index contributed by atoms with van der Waals surface area (Å²) in [5.74, 6) is 0.931. The number of para-hydroxylation sites is 1. The molecule has 1 aliphatic heterocycles. The second kappa shape index (κ2) is 7.93. The Morgan fingerprint density at radius 1 is 1.43 bits per heavy atom. The van der Waals surface area contributed by atoms with Crippen LogP contribution < -0.4 is 4.74 Å². The first-order valence-corrected chi connectivity index (χ1v) is 8.40. The average Bonchev–Trinajstić information content (AvgIpc) is 2.54. The Kier molecular flexibility index (Phi) is 6.19. The van der Waals surface area contributed by atoms with Crippen LogP contribution in [-0.4, -0.2) is 36.8 Å². The SMILES string of the molecule is COc1ccccc1C(=O)[C@H](CCCO)[C@@H]1CCOC(C)(C)C1. The van der Waals surface area contributed by atoms with E-state index in [0.29, 0.717) is 30.8 Å². The van der Waals surface area contributed by atoms with Crippen molar-refractivity contribution in [1.82, 2.24) is 0 Å². The predicted octanol–water partition coefficient (Wildman–Crippen LogP) is 3.47. The third-order valence-corrected chi connectivity index (χ3v) is 4.69. The normalized spacial score (nSPS) is 21.7. The molecule has 0 aliphatic carbocycles. The first kappa shape index (κ1) is 18.0. The van der Waals surface area contributed by atoms with E-state index in [1.807, 2.05) is 24.3 Å². The lowest BCUT2D eigenvalue weighted by molar-refractivity contribution is -0.0803. The van der Waals surface area contributed by atoms with Crippen molar-refractivity contribution >= 4 is 5.78 Å². The molecule has 0 bridgehead atoms. The number of rotatable bonds is 7. The molecule has 0 aromatic heterocycles. The molecule has 1 aromatic rings. The Labute approximate surface area is 138 Å². The molecule has 0 radical (unpaired) electrons. The van der Waals surface area contributed by atoms with Crippen LogP contribution in [0.1, 0.15) is 49.9 Å². The monoisotopic (exact) mass is 320 g/mol. The number of ether oxygens (including phenoxy) is 2. The Hall–Kier alpha value is -1.39. The molecule has 23 heavy (non-hydrogen) atoms. The second-order valence-corrected chi connectivity index (χ2v) is 6.90. The van der Waals surface area contributed by atoms with Gasteiger partial charge >= 0.3 is 0 Å². The van der Waals surface area contributed by atoms with Gasteiger partial charge in [0.2, 0.25) is 0 Å². The molecular formula is C19H28O4. The number of ketones is 1. The van der Waals surface area contributed by atoms with Crippen LogP contribution in [0.25, 0.3) is 0 Å². The quantitative estimate of drug-likeness (QED) is 0.782. The number of Topliss-reactive ketones (excluding diaryl/α,β-unsaturated/α-hetero) is 1. The van der Waals surface area contributed by atoms with Gasteiger partial charge in [-0.05, 0) is 57.6 Å². The Morgan fingerprint density at radius 3 is 2.83 bits per heavy atom. The van der Waals surface area contributed by atoms with Gasteiger partial charge in [0.1, 0.15) is 5.75 Å². The number of methoxy groups -OCH3 is 1. The summed E-state index contributed by atoms with van der Waals surface area (Å²) < 4.78 is 11.1. The van der Waals surface area contributed by atoms with E-state index in [-0.39, 0.29) is 29.8 Å². The molecule has 4 nitrogen and oxygen atoms in total. The van der Waals surface area contributed by atoms with Crippen LogP contribution in [0.4, 0.5) is 0 Å². The van der Waals surface area contributed by atoms with E-state index in [1.165, 1.54) is 0 Å². The minimum Gasteiger partial charge on any atom is -0.496 e. The minimum absolute atomic E-state index is 0.0957. The highest BCUT2D eigenvalue weighted by molar-refractivity contribution is 6.00. The predicted molar refractivity (Wildman–Crippen MR) is 89.9 cm³/mol. The number of aliphatic hydroxyl groups is 1. The third-order valence-electron chi connectivity index (χ3n) is 4.69. The number of hydrogen-bond donors (Lipinski definition) is 1. The summed E-state index contributed by atoms with van der Waals surface area (Å²) in [6, 6.07) is 7.39. The van der Waals surface area contributed by atoms with Gasteiger partial charge < -0.3 is 14.6 Å². The molecule has 1 saturated heterocycles. The molecule has 1 aromatic carbocycles. The van der Waals surface area contributed by atoms with E-state index >= 15 is 0 Å². The van der Waals surface area contributed by atoms with Crippen molar-refractivity contribution in [1.29, 1.82) is 0 Å². The van der Waals surface area contributed by atoms with E-state index in [2.05, 4.69) is 13.8 Å². The molecule has 2 atom stereocenters. The Morgan fingerprint density at radius 2 is 2.17 bits per heavy atom. The molecule has 0 saturated carbocycles. The molecule has 128 valence electrons. The van der Waals surface area contributed by atoms with Crippen LogP contribution in [-0.2, 0) is 4.74 Å². The van der Waals surface area contributed by atoms with Crippen LogP contribution in [0.2, 0.25) is 0 Å². The molecule has 1 aliphatic rings. The van der Waals surface area contributed by atoms with Crippen LogP contribution in [0, 0.1) is 11.8 Å². The highest BCUT2D eigenvalue weighted by Crippen LogP contribution is 2.37. The Bertz CT molecular complexity index is 524. The summed E-state index contributed by atoms with van der Waals surface area (Å²) in [6.45, 7) is 4.96. The zero-order chi connectivity index (χ0) is 16.9. The van der Waals surface area contributed by atoms with Gasteiger partial charge in [-0.2, -0.15) is 0 Å². The molecule has 1 heterocycles. The second-order valence-electron chi connectivity index (χ2n) is 6.90. The maximum Gasteiger partial charge on any atom is 0.169 e. The van der Waals surface area contributed by atoms with Gasteiger partial charge in [0, 0.05) is 19.1 Å². The zero-order valence-corrected chi connectivity index (χ0v) is 14.4. The molecule has 0 spiro atoms. The van der Waals surface area contributed by atoms with E-state index in [4.69, 9.17) is 9.47 Å². The van der Waals surface area contributed by atoms with Crippen LogP contribution in [0.15, 0.2) is 24.3 Å². The van der Waals surface area contributed by atoms with Gasteiger partial charge in [0.25, 0.3) is 0 Å².